The van der Waals surface area contributed by atoms with Crippen LogP contribution in [-0.4, -0.2) is 21.5 Å². The van der Waals surface area contributed by atoms with Crippen molar-refractivity contribution in [3.63, 3.8) is 0 Å². The fourth-order valence-corrected chi connectivity index (χ4v) is 1.86. The summed E-state index contributed by atoms with van der Waals surface area (Å²) in [5.74, 6) is 0.503. The fourth-order valence-electron chi connectivity index (χ4n) is 1.86. The Hall–Kier alpha value is -2.01. The molecular weight excluding hydrogens is 228 g/mol. The SMILES string of the molecule is Cc1cnc(-c2nc(CCN)cc(=O)[nH]2)c(C)c1. The number of nitrogens with two attached hydrogens (primary N) is 1. The Morgan fingerprint density at radius 3 is 2.78 bits per heavy atom. The first-order chi connectivity index (χ1) is 8.60. The second-order valence-electron chi connectivity index (χ2n) is 4.30. The maximum absolute atomic E-state index is 11.6. The van der Waals surface area contributed by atoms with Crippen LogP contribution in [0.1, 0.15) is 16.8 Å². The van der Waals surface area contributed by atoms with Gasteiger partial charge in [0.15, 0.2) is 5.82 Å². The third kappa shape index (κ3) is 2.62. The van der Waals surface area contributed by atoms with E-state index in [-0.39, 0.29) is 5.56 Å². The summed E-state index contributed by atoms with van der Waals surface area (Å²) in [5, 5.41) is 0. The highest BCUT2D eigenvalue weighted by Crippen LogP contribution is 2.16. The van der Waals surface area contributed by atoms with Gasteiger partial charge in [-0.3, -0.25) is 9.78 Å². The Morgan fingerprint density at radius 1 is 1.33 bits per heavy atom. The molecule has 3 N–H and O–H groups in total. The summed E-state index contributed by atoms with van der Waals surface area (Å²) in [6.45, 7) is 4.39. The van der Waals surface area contributed by atoms with Gasteiger partial charge in [-0.15, -0.1) is 0 Å². The standard InChI is InChI=1S/C13H16N4O/c1-8-5-9(2)12(15-7-8)13-16-10(3-4-14)6-11(18)17-13/h5-7H,3-4,14H2,1-2H3,(H,16,17,18). The summed E-state index contributed by atoms with van der Waals surface area (Å²) < 4.78 is 0. The minimum atomic E-state index is -0.176. The number of nitrogens with one attached hydrogen (secondary N) is 1. The van der Waals surface area contributed by atoms with E-state index < -0.39 is 0 Å². The average Bonchev–Trinajstić information content (AvgIpc) is 2.28. The molecule has 0 aliphatic rings. The molecule has 0 bridgehead atoms. The molecule has 5 nitrogen and oxygen atoms in total. The molecule has 0 amide bonds. The highest BCUT2D eigenvalue weighted by Gasteiger charge is 2.08. The lowest BCUT2D eigenvalue weighted by molar-refractivity contribution is 0.902. The highest BCUT2D eigenvalue weighted by molar-refractivity contribution is 5.54. The van der Waals surface area contributed by atoms with Gasteiger partial charge in [-0.25, -0.2) is 4.98 Å². The minimum absolute atomic E-state index is 0.176. The van der Waals surface area contributed by atoms with Crippen LogP contribution in [0.4, 0.5) is 0 Å². The zero-order chi connectivity index (χ0) is 13.1. The fraction of sp³-hybridized carbons (Fsp3) is 0.308. The number of aromatic nitrogens is 3. The number of aromatic amines is 1. The number of aryl methyl sites for hydroxylation is 2. The van der Waals surface area contributed by atoms with E-state index >= 15 is 0 Å². The van der Waals surface area contributed by atoms with Crippen molar-refractivity contribution in [3.05, 3.63) is 45.5 Å². The molecular formula is C13H16N4O. The van der Waals surface area contributed by atoms with Crippen LogP contribution in [0.3, 0.4) is 0 Å². The molecule has 18 heavy (non-hydrogen) atoms. The Morgan fingerprint density at radius 2 is 2.11 bits per heavy atom. The monoisotopic (exact) mass is 244 g/mol. The third-order valence-corrected chi connectivity index (χ3v) is 2.63. The first-order valence-electron chi connectivity index (χ1n) is 5.84. The van der Waals surface area contributed by atoms with E-state index in [0.717, 1.165) is 11.1 Å². The summed E-state index contributed by atoms with van der Waals surface area (Å²) in [5.41, 5.74) is 8.77. The van der Waals surface area contributed by atoms with Gasteiger partial charge in [0, 0.05) is 24.4 Å². The van der Waals surface area contributed by atoms with E-state index in [1.165, 1.54) is 6.07 Å². The first-order valence-corrected chi connectivity index (χ1v) is 5.84. The highest BCUT2D eigenvalue weighted by atomic mass is 16.1. The lowest BCUT2D eigenvalue weighted by atomic mass is 10.1. The maximum Gasteiger partial charge on any atom is 0.251 e. The normalized spacial score (nSPS) is 10.6. The van der Waals surface area contributed by atoms with Crippen LogP contribution >= 0.6 is 0 Å². The second kappa shape index (κ2) is 5.10. The predicted molar refractivity (Wildman–Crippen MR) is 70.3 cm³/mol. The zero-order valence-corrected chi connectivity index (χ0v) is 10.5. The third-order valence-electron chi connectivity index (χ3n) is 2.63. The number of pyridine rings is 1. The molecule has 0 aliphatic heterocycles. The number of hydrogen-bond acceptors (Lipinski definition) is 4. The molecule has 0 fully saturated rings. The quantitative estimate of drug-likeness (QED) is 0.841. The maximum atomic E-state index is 11.6. The van der Waals surface area contributed by atoms with Gasteiger partial charge >= 0.3 is 0 Å². The van der Waals surface area contributed by atoms with Crippen molar-refractivity contribution in [1.29, 1.82) is 0 Å². The number of hydrogen-bond donors (Lipinski definition) is 2. The summed E-state index contributed by atoms with van der Waals surface area (Å²) in [6, 6.07) is 3.48. The van der Waals surface area contributed by atoms with Gasteiger partial charge in [-0.1, -0.05) is 6.07 Å². The van der Waals surface area contributed by atoms with Gasteiger partial charge in [0.2, 0.25) is 0 Å². The molecule has 0 unspecified atom stereocenters. The van der Waals surface area contributed by atoms with Gasteiger partial charge in [0.05, 0.1) is 0 Å². The van der Waals surface area contributed by atoms with Crippen LogP contribution in [0, 0.1) is 13.8 Å². The molecule has 0 atom stereocenters. The number of rotatable bonds is 3. The molecule has 2 heterocycles. The summed E-state index contributed by atoms with van der Waals surface area (Å²) in [6.07, 6.45) is 2.35. The van der Waals surface area contributed by atoms with Gasteiger partial charge in [0.25, 0.3) is 5.56 Å². The number of nitrogens with zero attached hydrogens (tertiary/aromatic N) is 2. The van der Waals surface area contributed by atoms with Crippen LogP contribution in [0.2, 0.25) is 0 Å². The molecule has 0 saturated carbocycles. The van der Waals surface area contributed by atoms with Gasteiger partial charge in [-0.05, 0) is 31.5 Å². The molecule has 2 aromatic heterocycles. The average molecular weight is 244 g/mol. The van der Waals surface area contributed by atoms with Crippen molar-refractivity contribution in [2.24, 2.45) is 5.73 Å². The van der Waals surface area contributed by atoms with Crippen LogP contribution in [0.15, 0.2) is 23.1 Å². The number of H-pyrrole nitrogens is 1. The predicted octanol–water partition coefficient (Wildman–Crippen LogP) is 0.950. The largest absolute Gasteiger partial charge is 0.330 e. The Kier molecular flexibility index (Phi) is 3.53. The van der Waals surface area contributed by atoms with E-state index in [1.54, 1.807) is 6.20 Å². The van der Waals surface area contributed by atoms with Crippen LogP contribution in [0.5, 0.6) is 0 Å². The van der Waals surface area contributed by atoms with Crippen molar-refractivity contribution in [1.82, 2.24) is 15.0 Å². The molecule has 0 aromatic carbocycles. The molecule has 0 saturated heterocycles. The Labute approximate surface area is 105 Å². The molecule has 0 aliphatic carbocycles. The van der Waals surface area contributed by atoms with Crippen LogP contribution in [-0.2, 0) is 6.42 Å². The van der Waals surface area contributed by atoms with E-state index in [4.69, 9.17) is 5.73 Å². The molecule has 0 radical (unpaired) electrons. The van der Waals surface area contributed by atoms with Gasteiger partial charge < -0.3 is 10.7 Å². The molecule has 94 valence electrons. The molecule has 2 rings (SSSR count). The molecule has 0 spiro atoms. The van der Waals surface area contributed by atoms with Crippen molar-refractivity contribution in [2.75, 3.05) is 6.54 Å². The van der Waals surface area contributed by atoms with Crippen molar-refractivity contribution in [3.8, 4) is 11.5 Å². The van der Waals surface area contributed by atoms with Crippen molar-refractivity contribution in [2.45, 2.75) is 20.3 Å². The molecule has 5 heteroatoms. The molecule has 2 aromatic rings. The van der Waals surface area contributed by atoms with Crippen LogP contribution in [0.25, 0.3) is 11.5 Å². The van der Waals surface area contributed by atoms with E-state index in [9.17, 15) is 4.79 Å². The smallest absolute Gasteiger partial charge is 0.251 e. The van der Waals surface area contributed by atoms with E-state index in [2.05, 4.69) is 15.0 Å². The Bertz CT molecular complexity index is 619. The zero-order valence-electron chi connectivity index (χ0n) is 10.5. The van der Waals surface area contributed by atoms with E-state index in [1.807, 2.05) is 19.9 Å². The van der Waals surface area contributed by atoms with Gasteiger partial charge in [-0.2, -0.15) is 0 Å². The summed E-state index contributed by atoms with van der Waals surface area (Å²) in [7, 11) is 0. The lowest BCUT2D eigenvalue weighted by Gasteiger charge is -2.06. The van der Waals surface area contributed by atoms with Crippen molar-refractivity contribution >= 4 is 0 Å². The van der Waals surface area contributed by atoms with Crippen LogP contribution < -0.4 is 11.3 Å². The summed E-state index contributed by atoms with van der Waals surface area (Å²) >= 11 is 0. The van der Waals surface area contributed by atoms with E-state index in [0.29, 0.717) is 30.2 Å². The minimum Gasteiger partial charge on any atom is -0.330 e. The Balaban J connectivity index is 2.53. The second-order valence-corrected chi connectivity index (χ2v) is 4.30. The summed E-state index contributed by atoms with van der Waals surface area (Å²) in [4.78, 5) is 23.0. The lowest BCUT2D eigenvalue weighted by Crippen LogP contribution is -2.14. The first kappa shape index (κ1) is 12.4. The van der Waals surface area contributed by atoms with Crippen molar-refractivity contribution < 1.29 is 0 Å². The topological polar surface area (TPSA) is 84.7 Å². The van der Waals surface area contributed by atoms with Gasteiger partial charge in [0.1, 0.15) is 5.69 Å².